The van der Waals surface area contributed by atoms with Gasteiger partial charge in [-0.05, 0) is 13.2 Å². The first-order valence-corrected chi connectivity index (χ1v) is 7.50. The van der Waals surface area contributed by atoms with Gasteiger partial charge in [0.2, 0.25) is 0 Å². The summed E-state index contributed by atoms with van der Waals surface area (Å²) in [6.07, 6.45) is 1.88. The Hall–Kier alpha value is -1.05. The lowest BCUT2D eigenvalue weighted by atomic mass is 10.2. The fraction of sp³-hybridized carbons (Fsp3) is 0.667. The minimum atomic E-state index is -0.158. The Morgan fingerprint density at radius 2 is 2.32 bits per heavy atom. The monoisotopic (exact) mass is 284 g/mol. The Kier molecular flexibility index (Phi) is 4.84. The number of morpholine rings is 1. The molecule has 1 aliphatic rings. The number of rotatable bonds is 4. The Bertz CT molecular complexity index is 410. The molecule has 2 N–H and O–H groups in total. The van der Waals surface area contributed by atoms with Gasteiger partial charge in [0, 0.05) is 26.2 Å². The van der Waals surface area contributed by atoms with Crippen LogP contribution in [0.15, 0.2) is 11.2 Å². The lowest BCUT2D eigenvalue weighted by Crippen LogP contribution is -2.48. The summed E-state index contributed by atoms with van der Waals surface area (Å²) in [7, 11) is 1.84. The Balaban J connectivity index is 2.24. The van der Waals surface area contributed by atoms with Crippen LogP contribution in [0.2, 0.25) is 0 Å². The SMILES string of the molecule is CNc1cc(N2CC(C)OC(CO)C2)nc(SC)n1. The number of anilines is 2. The third-order valence-corrected chi connectivity index (χ3v) is 3.53. The zero-order valence-electron chi connectivity index (χ0n) is 11.5. The molecule has 2 atom stereocenters. The van der Waals surface area contributed by atoms with Gasteiger partial charge < -0.3 is 20.1 Å². The fourth-order valence-corrected chi connectivity index (χ4v) is 2.50. The number of ether oxygens (including phenoxy) is 1. The normalized spacial score (nSPS) is 23.5. The summed E-state index contributed by atoms with van der Waals surface area (Å²) in [5.41, 5.74) is 0. The molecule has 2 unspecified atom stereocenters. The van der Waals surface area contributed by atoms with Crippen molar-refractivity contribution >= 4 is 23.4 Å². The lowest BCUT2D eigenvalue weighted by molar-refractivity contribution is -0.0423. The molecule has 7 heteroatoms. The first-order valence-electron chi connectivity index (χ1n) is 6.28. The number of aromatic nitrogens is 2. The van der Waals surface area contributed by atoms with Gasteiger partial charge in [0.25, 0.3) is 0 Å². The molecule has 1 aromatic rings. The van der Waals surface area contributed by atoms with Gasteiger partial charge in [-0.1, -0.05) is 11.8 Å². The van der Waals surface area contributed by atoms with E-state index in [-0.39, 0.29) is 18.8 Å². The van der Waals surface area contributed by atoms with Crippen molar-refractivity contribution in [3.05, 3.63) is 6.07 Å². The molecule has 2 heterocycles. The van der Waals surface area contributed by atoms with E-state index in [0.717, 1.165) is 23.3 Å². The Morgan fingerprint density at radius 3 is 2.95 bits per heavy atom. The van der Waals surface area contributed by atoms with E-state index in [1.807, 2.05) is 26.3 Å². The van der Waals surface area contributed by atoms with Crippen molar-refractivity contribution in [1.29, 1.82) is 0 Å². The summed E-state index contributed by atoms with van der Waals surface area (Å²) in [5.74, 6) is 1.67. The molecule has 1 aromatic heterocycles. The Labute approximate surface area is 117 Å². The van der Waals surface area contributed by atoms with Crippen LogP contribution in [0, 0.1) is 0 Å². The molecule has 0 saturated carbocycles. The smallest absolute Gasteiger partial charge is 0.191 e. The molecule has 0 bridgehead atoms. The van der Waals surface area contributed by atoms with E-state index >= 15 is 0 Å². The van der Waals surface area contributed by atoms with Crippen molar-refractivity contribution in [2.45, 2.75) is 24.3 Å². The highest BCUT2D eigenvalue weighted by molar-refractivity contribution is 7.98. The molecule has 106 valence electrons. The van der Waals surface area contributed by atoms with Crippen LogP contribution in [0.4, 0.5) is 11.6 Å². The number of thioether (sulfide) groups is 1. The third-order valence-electron chi connectivity index (χ3n) is 2.98. The number of hydrogen-bond acceptors (Lipinski definition) is 7. The van der Waals surface area contributed by atoms with Crippen molar-refractivity contribution in [3.63, 3.8) is 0 Å². The van der Waals surface area contributed by atoms with Crippen LogP contribution in [-0.4, -0.2) is 60.3 Å². The molecule has 1 saturated heterocycles. The number of hydrogen-bond donors (Lipinski definition) is 2. The summed E-state index contributed by atoms with van der Waals surface area (Å²) in [5, 5.41) is 13.1. The molecular weight excluding hydrogens is 264 g/mol. The predicted octanol–water partition coefficient (Wildman–Crippen LogP) is 0.826. The van der Waals surface area contributed by atoms with Crippen LogP contribution >= 0.6 is 11.8 Å². The molecule has 19 heavy (non-hydrogen) atoms. The van der Waals surface area contributed by atoms with Gasteiger partial charge in [-0.3, -0.25) is 0 Å². The molecule has 0 amide bonds. The predicted molar refractivity (Wildman–Crippen MR) is 77.0 cm³/mol. The number of nitrogens with one attached hydrogen (secondary N) is 1. The second-order valence-corrected chi connectivity index (χ2v) is 5.28. The maximum absolute atomic E-state index is 9.27. The maximum atomic E-state index is 9.27. The Morgan fingerprint density at radius 1 is 1.53 bits per heavy atom. The molecule has 0 radical (unpaired) electrons. The lowest BCUT2D eigenvalue weighted by Gasteiger charge is -2.36. The van der Waals surface area contributed by atoms with Gasteiger partial charge in [0.05, 0.1) is 18.8 Å². The number of nitrogens with zero attached hydrogens (tertiary/aromatic N) is 3. The van der Waals surface area contributed by atoms with E-state index in [2.05, 4.69) is 20.2 Å². The van der Waals surface area contributed by atoms with E-state index in [1.165, 1.54) is 11.8 Å². The molecule has 2 rings (SSSR count). The summed E-state index contributed by atoms with van der Waals surface area (Å²) >= 11 is 1.51. The van der Waals surface area contributed by atoms with Crippen molar-refractivity contribution in [3.8, 4) is 0 Å². The zero-order chi connectivity index (χ0) is 13.8. The van der Waals surface area contributed by atoms with Crippen molar-refractivity contribution in [2.75, 3.05) is 43.2 Å². The molecule has 0 aromatic carbocycles. The molecule has 6 nitrogen and oxygen atoms in total. The minimum absolute atomic E-state index is 0.0280. The van der Waals surface area contributed by atoms with Crippen molar-refractivity contribution in [2.24, 2.45) is 0 Å². The maximum Gasteiger partial charge on any atom is 0.191 e. The second kappa shape index (κ2) is 6.40. The van der Waals surface area contributed by atoms with E-state index in [0.29, 0.717) is 6.54 Å². The molecular formula is C12H20N4O2S. The highest BCUT2D eigenvalue weighted by Crippen LogP contribution is 2.23. The first-order chi connectivity index (χ1) is 9.16. The number of aliphatic hydroxyl groups is 1. The van der Waals surface area contributed by atoms with Crippen LogP contribution in [-0.2, 0) is 4.74 Å². The van der Waals surface area contributed by atoms with Crippen LogP contribution in [0.5, 0.6) is 0 Å². The van der Waals surface area contributed by atoms with Gasteiger partial charge >= 0.3 is 0 Å². The average molecular weight is 284 g/mol. The van der Waals surface area contributed by atoms with E-state index in [4.69, 9.17) is 4.74 Å². The zero-order valence-corrected chi connectivity index (χ0v) is 12.3. The molecule has 0 spiro atoms. The topological polar surface area (TPSA) is 70.5 Å². The largest absolute Gasteiger partial charge is 0.394 e. The number of aliphatic hydroxyl groups excluding tert-OH is 1. The summed E-state index contributed by atoms with van der Waals surface area (Å²) in [4.78, 5) is 11.0. The van der Waals surface area contributed by atoms with Crippen LogP contribution in [0.3, 0.4) is 0 Å². The van der Waals surface area contributed by atoms with Gasteiger partial charge in [-0.2, -0.15) is 0 Å². The van der Waals surface area contributed by atoms with E-state index in [1.54, 1.807) is 0 Å². The minimum Gasteiger partial charge on any atom is -0.394 e. The van der Waals surface area contributed by atoms with Crippen molar-refractivity contribution in [1.82, 2.24) is 9.97 Å². The summed E-state index contributed by atoms with van der Waals surface area (Å²) in [6, 6.07) is 1.92. The highest BCUT2D eigenvalue weighted by Gasteiger charge is 2.26. The van der Waals surface area contributed by atoms with Crippen LogP contribution in [0.1, 0.15) is 6.92 Å². The first kappa shape index (κ1) is 14.4. The van der Waals surface area contributed by atoms with Gasteiger partial charge in [0.1, 0.15) is 11.6 Å². The van der Waals surface area contributed by atoms with Crippen LogP contribution < -0.4 is 10.2 Å². The second-order valence-electron chi connectivity index (χ2n) is 4.50. The standard InChI is InChI=1S/C12H20N4O2S/c1-8-5-16(6-9(7-17)18-8)11-4-10(13-2)14-12(15-11)19-3/h4,8-9,17H,5-7H2,1-3H3,(H,13,14,15). The average Bonchev–Trinajstić information content (AvgIpc) is 2.45. The molecule has 1 aliphatic heterocycles. The van der Waals surface area contributed by atoms with Gasteiger partial charge in [-0.25, -0.2) is 9.97 Å². The molecule has 1 fully saturated rings. The summed E-state index contributed by atoms with van der Waals surface area (Å²) in [6.45, 7) is 3.45. The third kappa shape index (κ3) is 3.49. The van der Waals surface area contributed by atoms with Crippen LogP contribution in [0.25, 0.3) is 0 Å². The quantitative estimate of drug-likeness (QED) is 0.626. The fourth-order valence-electron chi connectivity index (χ4n) is 2.13. The van der Waals surface area contributed by atoms with Crippen molar-refractivity contribution < 1.29 is 9.84 Å². The highest BCUT2D eigenvalue weighted by atomic mass is 32.2. The van der Waals surface area contributed by atoms with E-state index < -0.39 is 0 Å². The van der Waals surface area contributed by atoms with Gasteiger partial charge in [-0.15, -0.1) is 0 Å². The molecule has 0 aliphatic carbocycles. The van der Waals surface area contributed by atoms with Gasteiger partial charge in [0.15, 0.2) is 5.16 Å². The van der Waals surface area contributed by atoms with E-state index in [9.17, 15) is 5.11 Å². The summed E-state index contributed by atoms with van der Waals surface area (Å²) < 4.78 is 5.64.